The van der Waals surface area contributed by atoms with Crippen LogP contribution in [0.2, 0.25) is 0 Å². The molecular formula is C22H24F4N2O2. The Kier molecular flexibility index (Phi) is 7.10. The Morgan fingerprint density at radius 2 is 1.73 bits per heavy atom. The van der Waals surface area contributed by atoms with Gasteiger partial charge in [-0.05, 0) is 48.7 Å². The van der Waals surface area contributed by atoms with Crippen LogP contribution in [0.5, 0.6) is 0 Å². The summed E-state index contributed by atoms with van der Waals surface area (Å²) in [5, 5.41) is 0. The number of benzene rings is 2. The van der Waals surface area contributed by atoms with Gasteiger partial charge in [-0.2, -0.15) is 13.2 Å². The molecular weight excluding hydrogens is 400 g/mol. The summed E-state index contributed by atoms with van der Waals surface area (Å²) in [4.78, 5) is 16.2. The van der Waals surface area contributed by atoms with E-state index in [0.717, 1.165) is 6.07 Å². The van der Waals surface area contributed by atoms with Crippen LogP contribution >= 0.6 is 0 Å². The topological polar surface area (TPSA) is 32.8 Å². The fourth-order valence-electron chi connectivity index (χ4n) is 3.86. The van der Waals surface area contributed by atoms with E-state index in [1.54, 1.807) is 23.1 Å². The van der Waals surface area contributed by atoms with Gasteiger partial charge in [0.1, 0.15) is 12.4 Å². The summed E-state index contributed by atoms with van der Waals surface area (Å²) in [6.45, 7) is 1.20. The Morgan fingerprint density at radius 3 is 2.33 bits per heavy atom. The summed E-state index contributed by atoms with van der Waals surface area (Å²) in [6.07, 6.45) is -3.19. The van der Waals surface area contributed by atoms with Crippen LogP contribution in [0, 0.1) is 5.82 Å². The minimum Gasteiger partial charge on any atom is -0.375 e. The first-order chi connectivity index (χ1) is 14.3. The van der Waals surface area contributed by atoms with E-state index in [1.807, 2.05) is 4.90 Å². The van der Waals surface area contributed by atoms with Gasteiger partial charge in [-0.1, -0.05) is 18.2 Å². The summed E-state index contributed by atoms with van der Waals surface area (Å²) in [5.41, 5.74) is 0.212. The predicted molar refractivity (Wildman–Crippen MR) is 106 cm³/mol. The summed E-state index contributed by atoms with van der Waals surface area (Å²) in [5.74, 6) is -0.624. The third-order valence-electron chi connectivity index (χ3n) is 5.28. The van der Waals surface area contributed by atoms with Gasteiger partial charge in [0, 0.05) is 38.5 Å². The molecule has 0 saturated carbocycles. The largest absolute Gasteiger partial charge is 0.416 e. The molecule has 1 aliphatic rings. The standard InChI is InChI=1S/C22H24F4N2O2/c1-30-15-21(29)28(18-8-6-17(23)7-9-18)19-10-12-27(13-11-19)14-16-4-2-3-5-20(16)22(24,25)26/h2-9,19H,10-15H2,1H3. The maximum atomic E-state index is 13.3. The average Bonchev–Trinajstić information content (AvgIpc) is 2.71. The zero-order chi connectivity index (χ0) is 21.7. The van der Waals surface area contributed by atoms with Crippen molar-refractivity contribution in [1.29, 1.82) is 0 Å². The smallest absolute Gasteiger partial charge is 0.375 e. The fraction of sp³-hybridized carbons (Fsp3) is 0.409. The summed E-state index contributed by atoms with van der Waals surface area (Å²) >= 11 is 0. The summed E-state index contributed by atoms with van der Waals surface area (Å²) in [6, 6.07) is 11.2. The number of halogens is 4. The van der Waals surface area contributed by atoms with Crippen molar-refractivity contribution in [3.05, 3.63) is 65.5 Å². The molecule has 1 heterocycles. The molecule has 0 aromatic heterocycles. The number of hydrogen-bond acceptors (Lipinski definition) is 3. The Morgan fingerprint density at radius 1 is 1.10 bits per heavy atom. The molecule has 0 radical (unpaired) electrons. The van der Waals surface area contributed by atoms with Gasteiger partial charge in [0.25, 0.3) is 5.91 Å². The predicted octanol–water partition coefficient (Wildman–Crippen LogP) is 4.49. The molecule has 8 heteroatoms. The first kappa shape index (κ1) is 22.2. The van der Waals surface area contributed by atoms with E-state index in [4.69, 9.17) is 4.74 Å². The molecule has 0 unspecified atom stereocenters. The molecule has 1 aliphatic heterocycles. The highest BCUT2D eigenvalue weighted by atomic mass is 19.4. The number of methoxy groups -OCH3 is 1. The lowest BCUT2D eigenvalue weighted by Crippen LogP contribution is -2.48. The molecule has 0 N–H and O–H groups in total. The van der Waals surface area contributed by atoms with Gasteiger partial charge in [0.05, 0.1) is 5.56 Å². The first-order valence-electron chi connectivity index (χ1n) is 9.73. The molecule has 2 aromatic carbocycles. The maximum absolute atomic E-state index is 13.3. The average molecular weight is 424 g/mol. The molecule has 4 nitrogen and oxygen atoms in total. The van der Waals surface area contributed by atoms with Crippen LogP contribution in [0.4, 0.5) is 23.2 Å². The molecule has 0 bridgehead atoms. The molecule has 0 atom stereocenters. The Balaban J connectivity index is 1.70. The van der Waals surface area contributed by atoms with Crippen LogP contribution in [-0.2, 0) is 22.3 Å². The Hall–Kier alpha value is -2.45. The number of carbonyl (C=O) groups excluding carboxylic acids is 1. The van der Waals surface area contributed by atoms with E-state index in [9.17, 15) is 22.4 Å². The second-order valence-corrected chi connectivity index (χ2v) is 7.34. The number of ether oxygens (including phenoxy) is 1. The Bertz CT molecular complexity index is 847. The van der Waals surface area contributed by atoms with Crippen molar-refractivity contribution in [2.75, 3.05) is 31.7 Å². The molecule has 162 valence electrons. The molecule has 0 spiro atoms. The monoisotopic (exact) mass is 424 g/mol. The fourth-order valence-corrected chi connectivity index (χ4v) is 3.86. The van der Waals surface area contributed by atoms with Crippen molar-refractivity contribution in [3.63, 3.8) is 0 Å². The van der Waals surface area contributed by atoms with Gasteiger partial charge in [-0.3, -0.25) is 9.69 Å². The minimum atomic E-state index is -4.39. The lowest BCUT2D eigenvalue weighted by Gasteiger charge is -2.38. The van der Waals surface area contributed by atoms with E-state index < -0.39 is 17.6 Å². The number of nitrogens with zero attached hydrogens (tertiary/aromatic N) is 2. The van der Waals surface area contributed by atoms with Crippen molar-refractivity contribution >= 4 is 11.6 Å². The molecule has 1 saturated heterocycles. The number of alkyl halides is 3. The number of likely N-dealkylation sites (tertiary alicyclic amines) is 1. The number of anilines is 1. The van der Waals surface area contributed by atoms with Gasteiger partial charge in [0.15, 0.2) is 0 Å². The summed E-state index contributed by atoms with van der Waals surface area (Å²) < 4.78 is 58.0. The molecule has 1 amide bonds. The highest BCUT2D eigenvalue weighted by Gasteiger charge is 2.34. The number of hydrogen-bond donors (Lipinski definition) is 0. The molecule has 0 aliphatic carbocycles. The van der Waals surface area contributed by atoms with Gasteiger partial charge < -0.3 is 9.64 Å². The normalized spacial score (nSPS) is 15.9. The van der Waals surface area contributed by atoms with Crippen molar-refractivity contribution in [2.45, 2.75) is 31.6 Å². The van der Waals surface area contributed by atoms with Crippen molar-refractivity contribution < 1.29 is 27.1 Å². The van der Waals surface area contributed by atoms with Gasteiger partial charge in [-0.15, -0.1) is 0 Å². The number of rotatable bonds is 6. The van der Waals surface area contributed by atoms with E-state index in [0.29, 0.717) is 31.6 Å². The third-order valence-corrected chi connectivity index (χ3v) is 5.28. The second-order valence-electron chi connectivity index (χ2n) is 7.34. The second kappa shape index (κ2) is 9.57. The van der Waals surface area contributed by atoms with E-state index >= 15 is 0 Å². The number of amides is 1. The minimum absolute atomic E-state index is 0.101. The maximum Gasteiger partial charge on any atom is 0.416 e. The summed E-state index contributed by atoms with van der Waals surface area (Å²) in [7, 11) is 1.43. The van der Waals surface area contributed by atoms with Crippen molar-refractivity contribution in [2.24, 2.45) is 0 Å². The van der Waals surface area contributed by atoms with Gasteiger partial charge in [-0.25, -0.2) is 4.39 Å². The van der Waals surface area contributed by atoms with Crippen LogP contribution in [0.3, 0.4) is 0 Å². The first-order valence-corrected chi connectivity index (χ1v) is 9.73. The van der Waals surface area contributed by atoms with Crippen LogP contribution in [0.25, 0.3) is 0 Å². The quantitative estimate of drug-likeness (QED) is 0.641. The van der Waals surface area contributed by atoms with Crippen LogP contribution in [0.15, 0.2) is 48.5 Å². The highest BCUT2D eigenvalue weighted by molar-refractivity contribution is 5.94. The zero-order valence-electron chi connectivity index (χ0n) is 16.7. The lowest BCUT2D eigenvalue weighted by molar-refractivity contribution is -0.138. The van der Waals surface area contributed by atoms with Gasteiger partial charge in [0.2, 0.25) is 0 Å². The van der Waals surface area contributed by atoms with E-state index in [1.165, 1.54) is 31.4 Å². The highest BCUT2D eigenvalue weighted by Crippen LogP contribution is 2.33. The SMILES string of the molecule is COCC(=O)N(c1ccc(F)cc1)C1CCN(Cc2ccccc2C(F)(F)F)CC1. The van der Waals surface area contributed by atoms with Crippen LogP contribution < -0.4 is 4.90 Å². The van der Waals surface area contributed by atoms with Crippen molar-refractivity contribution in [1.82, 2.24) is 4.90 Å². The van der Waals surface area contributed by atoms with E-state index in [-0.39, 0.29) is 30.7 Å². The molecule has 1 fully saturated rings. The van der Waals surface area contributed by atoms with Crippen LogP contribution in [0.1, 0.15) is 24.0 Å². The lowest BCUT2D eigenvalue weighted by atomic mass is 10.00. The van der Waals surface area contributed by atoms with Crippen molar-refractivity contribution in [3.8, 4) is 0 Å². The molecule has 2 aromatic rings. The Labute approximate surface area is 173 Å². The van der Waals surface area contributed by atoms with Crippen LogP contribution in [-0.4, -0.2) is 43.7 Å². The number of piperidine rings is 1. The van der Waals surface area contributed by atoms with Gasteiger partial charge >= 0.3 is 6.18 Å². The third kappa shape index (κ3) is 5.37. The van der Waals surface area contributed by atoms with E-state index in [2.05, 4.69) is 0 Å². The molecule has 30 heavy (non-hydrogen) atoms. The number of carbonyl (C=O) groups is 1. The molecule has 3 rings (SSSR count). The zero-order valence-corrected chi connectivity index (χ0v) is 16.7.